The van der Waals surface area contributed by atoms with E-state index in [-0.39, 0.29) is 36.9 Å². The molecule has 792 valence electrons. The van der Waals surface area contributed by atoms with E-state index in [2.05, 4.69) is 79.1 Å². The lowest BCUT2D eigenvalue weighted by Crippen LogP contribution is -2.62. The normalized spacial score (nSPS) is 19.6. The zero-order chi connectivity index (χ0) is 108. The van der Waals surface area contributed by atoms with Crippen molar-refractivity contribution in [3.05, 3.63) is 102 Å². The number of carbonyl (C=O) groups is 23. The van der Waals surface area contributed by atoms with Crippen LogP contribution in [0.4, 0.5) is 15.3 Å². The molecule has 27 N–H and O–H groups in total. The second-order valence-corrected chi connectivity index (χ2v) is 36.6. The van der Waals surface area contributed by atoms with Crippen molar-refractivity contribution in [2.24, 2.45) is 11.7 Å². The van der Waals surface area contributed by atoms with Gasteiger partial charge < -0.3 is 146 Å². The maximum Gasteiger partial charge on any atom is 0.408 e. The summed E-state index contributed by atoms with van der Waals surface area (Å²) in [4.78, 5) is 325. The second kappa shape index (κ2) is 57.3. The number of aliphatic carboxylic acids is 4. The number of nitrogens with two attached hydrogens (primary N) is 2. The average molecular weight is 2040 g/mol. The van der Waals surface area contributed by atoms with Crippen molar-refractivity contribution >= 4 is 164 Å². The first-order valence-corrected chi connectivity index (χ1v) is 46.8. The summed E-state index contributed by atoms with van der Waals surface area (Å²) >= 11 is 0. The third kappa shape index (κ3) is 41.3. The highest BCUT2D eigenvalue weighted by Gasteiger charge is 2.42. The number of alkyl carbamates (subject to hydrolysis) is 2. The molecular formula is C94H130N20O31. The number of benzene rings is 3. The maximum absolute atomic E-state index is 15.2. The van der Waals surface area contributed by atoms with E-state index in [1.54, 1.807) is 102 Å². The monoisotopic (exact) mass is 2030 g/mol. The highest BCUT2D eigenvalue weighted by atomic mass is 16.6. The fraction of sp³-hybridized carbons (Fsp3) is 0.521. The lowest BCUT2D eigenvalue weighted by Gasteiger charge is -2.30. The number of primary amides is 1. The minimum atomic E-state index is -2.55. The van der Waals surface area contributed by atoms with E-state index in [0.29, 0.717) is 52.3 Å². The van der Waals surface area contributed by atoms with Crippen LogP contribution < -0.4 is 96.5 Å². The number of hydrogen-bond donors (Lipinski definition) is 25. The Bertz CT molecular complexity index is 5490. The number of anilines is 1. The molecule has 14 atom stereocenters. The van der Waals surface area contributed by atoms with Gasteiger partial charge in [0.15, 0.2) is 5.78 Å². The first-order valence-electron chi connectivity index (χ1n) is 46.8. The number of aromatic amines is 2. The number of para-hydroxylation sites is 3. The number of carboxylic acid groups (broad SMARTS) is 4. The van der Waals surface area contributed by atoms with Gasteiger partial charge in [0.05, 0.1) is 51.8 Å². The molecule has 3 aromatic carbocycles. The van der Waals surface area contributed by atoms with Crippen LogP contribution in [0, 0.1) is 5.92 Å². The molecule has 51 nitrogen and oxygen atoms in total. The van der Waals surface area contributed by atoms with Crippen LogP contribution in [0.15, 0.2) is 85.2 Å². The number of unbranched alkanes of at least 4 members (excludes halogenated alkanes) is 7. The fourth-order valence-corrected chi connectivity index (χ4v) is 15.0. The van der Waals surface area contributed by atoms with Gasteiger partial charge in [-0.2, -0.15) is 0 Å². The summed E-state index contributed by atoms with van der Waals surface area (Å²) in [5.41, 5.74) is 11.9. The predicted octanol–water partition coefficient (Wildman–Crippen LogP) is -1.95. The molecule has 1 aliphatic heterocycles. The number of aliphatic hydroxyl groups is 1. The molecule has 0 bridgehead atoms. The van der Waals surface area contributed by atoms with Gasteiger partial charge in [-0.05, 0) is 122 Å². The zero-order valence-corrected chi connectivity index (χ0v) is 81.6. The van der Waals surface area contributed by atoms with Gasteiger partial charge in [-0.1, -0.05) is 94.0 Å². The van der Waals surface area contributed by atoms with Crippen LogP contribution in [-0.4, -0.2) is 295 Å². The van der Waals surface area contributed by atoms with E-state index < -0.39 is 303 Å². The van der Waals surface area contributed by atoms with Crippen molar-refractivity contribution < 1.29 is 150 Å². The van der Waals surface area contributed by atoms with Gasteiger partial charge in [0, 0.05) is 84.2 Å². The molecule has 0 radical (unpaired) electrons. The van der Waals surface area contributed by atoms with Gasteiger partial charge in [0.2, 0.25) is 88.6 Å². The van der Waals surface area contributed by atoms with E-state index in [1.165, 1.54) is 24.3 Å². The summed E-state index contributed by atoms with van der Waals surface area (Å²) in [5.74, 6) is -31.8. The highest BCUT2D eigenvalue weighted by molar-refractivity contribution is 6.06. The molecule has 0 aliphatic carbocycles. The van der Waals surface area contributed by atoms with Gasteiger partial charge in [0.25, 0.3) is 0 Å². The van der Waals surface area contributed by atoms with Crippen molar-refractivity contribution in [3.8, 4) is 0 Å². The number of H-pyrrole nitrogens is 2. The van der Waals surface area contributed by atoms with Crippen LogP contribution in [0.25, 0.3) is 21.8 Å². The smallest absolute Gasteiger partial charge is 0.408 e. The first-order chi connectivity index (χ1) is 68.3. The molecule has 0 saturated carbocycles. The number of rotatable bonds is 43. The highest BCUT2D eigenvalue weighted by Crippen LogP contribution is 2.24. The summed E-state index contributed by atoms with van der Waals surface area (Å²) in [6.07, 6.45) is -3.73. The van der Waals surface area contributed by atoms with E-state index >= 15 is 14.4 Å². The van der Waals surface area contributed by atoms with Crippen molar-refractivity contribution in [2.75, 3.05) is 38.5 Å². The molecule has 3 heterocycles. The van der Waals surface area contributed by atoms with Crippen LogP contribution in [0.2, 0.25) is 0 Å². The Balaban J connectivity index is 1.41. The van der Waals surface area contributed by atoms with Gasteiger partial charge >= 0.3 is 42.0 Å². The lowest BCUT2D eigenvalue weighted by atomic mass is 9.96. The number of nitrogens with one attached hydrogen (secondary N) is 18. The number of aliphatic hydroxyl groups excluding tert-OH is 1. The Morgan fingerprint density at radius 2 is 0.938 bits per heavy atom. The van der Waals surface area contributed by atoms with E-state index in [1.807, 2.05) is 16.0 Å². The number of hydrogen-bond acceptors (Lipinski definition) is 28. The summed E-state index contributed by atoms with van der Waals surface area (Å²) in [5, 5.41) is 88.3. The third-order valence-electron chi connectivity index (χ3n) is 22.2. The Morgan fingerprint density at radius 1 is 0.462 bits per heavy atom. The summed E-state index contributed by atoms with van der Waals surface area (Å²) in [6.45, 7) is 8.90. The number of aromatic nitrogens is 2. The Labute approximate surface area is 831 Å². The van der Waals surface area contributed by atoms with E-state index in [4.69, 9.17) is 25.7 Å². The summed E-state index contributed by atoms with van der Waals surface area (Å²) < 4.78 is 16.5. The molecule has 51 heteroatoms. The molecule has 6 rings (SSSR count). The third-order valence-corrected chi connectivity index (χ3v) is 22.2. The predicted molar refractivity (Wildman–Crippen MR) is 513 cm³/mol. The van der Waals surface area contributed by atoms with Crippen LogP contribution in [-0.2, 0) is 123 Å². The number of Topliss-reactive ketones (excluding diaryl/α,β-unsaturated/α-hetero) is 1. The SMILES string of the molecule is CC1NC(=O)C(CC(=O)O)NC(=O)C(CCCNC(=O)C(Cc2c[nH]c3ccccc23)NC(=O)OC(C)(C)C)NC(=O)CNC(=O)C(NC(=O)C(CC(=O)O)NC(=O)C(CC(N)=O)NC(=O)C(Cc2c[nH]c3ccccc23)NC(=O)CCCCCCCCCCNC(=O)OC(C)(C)C)C(C)OC(=O)C(CC(=O)c2ccccc2N)NC(=O)C(C(C)CC(=O)O)NC(=O)C(CO)NC(=O)CNC(=O)C(CC(=O)O)NC1=O. The number of carboxylic acids is 4. The summed E-state index contributed by atoms with van der Waals surface area (Å²) in [6, 6.07) is -6.14. The van der Waals surface area contributed by atoms with E-state index in [9.17, 15) is 121 Å². The molecule has 2 aromatic heterocycles. The van der Waals surface area contributed by atoms with Gasteiger partial charge in [-0.15, -0.1) is 0 Å². The second-order valence-electron chi connectivity index (χ2n) is 36.6. The van der Waals surface area contributed by atoms with Crippen LogP contribution in [0.3, 0.4) is 0 Å². The van der Waals surface area contributed by atoms with Crippen LogP contribution in [0.5, 0.6) is 0 Å². The molecule has 1 aliphatic rings. The average Bonchev–Trinajstić information content (AvgIpc) is 1.68. The minimum absolute atomic E-state index is 0.0949. The Morgan fingerprint density at radius 3 is 1.49 bits per heavy atom. The molecule has 145 heavy (non-hydrogen) atoms. The Hall–Kier alpha value is -15.9. The first kappa shape index (κ1) is 118. The van der Waals surface area contributed by atoms with Gasteiger partial charge in [-0.25, -0.2) is 14.4 Å². The van der Waals surface area contributed by atoms with Crippen molar-refractivity contribution in [3.63, 3.8) is 0 Å². The number of nitrogen functional groups attached to an aromatic ring is 1. The number of fused-ring (bicyclic) bond motifs is 2. The van der Waals surface area contributed by atoms with Crippen molar-refractivity contribution in [1.29, 1.82) is 0 Å². The van der Waals surface area contributed by atoms with E-state index in [0.717, 1.165) is 59.3 Å². The molecule has 1 fully saturated rings. The largest absolute Gasteiger partial charge is 0.481 e. The minimum Gasteiger partial charge on any atom is -0.481 e. The maximum atomic E-state index is 15.2. The molecule has 0 spiro atoms. The van der Waals surface area contributed by atoms with Gasteiger partial charge in [-0.3, -0.25) is 95.9 Å². The number of ketones is 1. The van der Waals surface area contributed by atoms with Crippen LogP contribution >= 0.6 is 0 Å². The number of carbonyl (C=O) groups excluding carboxylic acids is 19. The summed E-state index contributed by atoms with van der Waals surface area (Å²) in [7, 11) is 0. The molecular weight excluding hydrogens is 1910 g/mol. The number of esters is 1. The number of ether oxygens (including phenoxy) is 3. The number of cyclic esters (lactones) is 1. The quantitative estimate of drug-likeness (QED) is 0.00663. The molecule has 17 amide bonds. The fourth-order valence-electron chi connectivity index (χ4n) is 15.0. The van der Waals surface area contributed by atoms with Crippen LogP contribution in [0.1, 0.15) is 193 Å². The molecule has 5 aromatic rings. The van der Waals surface area contributed by atoms with Gasteiger partial charge in [0.1, 0.15) is 89.8 Å². The van der Waals surface area contributed by atoms with Crippen molar-refractivity contribution in [2.45, 2.75) is 274 Å². The molecule has 14 unspecified atom stereocenters. The number of amides is 17. The van der Waals surface area contributed by atoms with Crippen molar-refractivity contribution in [1.82, 2.24) is 95.0 Å². The molecule has 1 saturated heterocycles. The Kier molecular flexibility index (Phi) is 46.5. The standard InChI is InChI=1S/C94H130N20O31/c1-48(35-73(121)122)77-89(139)111-66(38-68(116)55-27-17-20-28-56(55)95)90(140)143-50(3)78(114-86(136)65(42-76(127)128)110-85(135)62(39-69(96)117)108-84(134)61(37-52-44-100-58-30-22-19-26-54(52)58)105-70(118)32-16-14-12-10-11-13-15-23-33-98-91(141)144-93(4,5)6)88(138)102-46-71(119)104-59(31-24-34-97-80(130)60(112-92(142)145-94(7,8)9)36-51-43-99-57-29-21-18-25-53(51)57)82(132)109-64(41-75(125)126)83(133)103-49(2)79(129)107-63(40-74(123)124)81(131)101-45-72(120)106-67(47-115)87(137)113-77/h17-22,25-30,43-44,48-50,59-67,77-78,99-100,115H,10-16,23-24,31-42,45-47,95H2,1-9H3,(H2,96,117)(H,97,130)(H,98,141)(H,101,131)(H,102,138)(H,103,133)(H,104,119)(H,105,118)(H,106,120)(H,107,129)(H,108,134)(H,109,132)(H,110,135)(H,111,139)(H,112,142)(H,113,137)(H,114,136)(H,121,122)(H,123,124)(H,125,126)(H,127,128). The zero-order valence-electron chi connectivity index (χ0n) is 81.6. The topological polar surface area (TPSA) is 798 Å². The lowest BCUT2D eigenvalue weighted by molar-refractivity contribution is -0.156.